The molecule has 2 heterocycles. The first-order chi connectivity index (χ1) is 13.2. The molecule has 6 nitrogen and oxygen atoms in total. The molecule has 1 atom stereocenters. The molecule has 0 bridgehead atoms. The second-order valence-corrected chi connectivity index (χ2v) is 6.66. The summed E-state index contributed by atoms with van der Waals surface area (Å²) in [5.41, 5.74) is 1.53. The third-order valence-electron chi connectivity index (χ3n) is 4.66. The van der Waals surface area contributed by atoms with Gasteiger partial charge in [0.1, 0.15) is 12.4 Å². The third kappa shape index (κ3) is 5.29. The number of rotatable bonds is 6. The van der Waals surface area contributed by atoms with E-state index >= 15 is 0 Å². The van der Waals surface area contributed by atoms with Gasteiger partial charge in [-0.25, -0.2) is 0 Å². The molecule has 1 aromatic carbocycles. The zero-order valence-electron chi connectivity index (χ0n) is 15.6. The summed E-state index contributed by atoms with van der Waals surface area (Å²) in [6.07, 6.45) is 3.86. The Balaban J connectivity index is 1.57. The molecule has 0 spiro atoms. The van der Waals surface area contributed by atoms with Crippen LogP contribution in [0.15, 0.2) is 48.7 Å². The van der Waals surface area contributed by atoms with Gasteiger partial charge < -0.3 is 15.0 Å². The van der Waals surface area contributed by atoms with Crippen LogP contribution >= 0.6 is 0 Å². The van der Waals surface area contributed by atoms with Gasteiger partial charge in [0.2, 0.25) is 11.8 Å². The van der Waals surface area contributed by atoms with Gasteiger partial charge in [-0.2, -0.15) is 0 Å². The first-order valence-corrected chi connectivity index (χ1v) is 9.37. The van der Waals surface area contributed by atoms with E-state index in [1.807, 2.05) is 43.3 Å². The van der Waals surface area contributed by atoms with Crippen molar-refractivity contribution in [3.05, 3.63) is 54.4 Å². The molecule has 1 N–H and O–H groups in total. The monoisotopic (exact) mass is 367 g/mol. The van der Waals surface area contributed by atoms with Gasteiger partial charge in [-0.1, -0.05) is 19.1 Å². The number of nitrogens with one attached hydrogen (secondary N) is 1. The molecule has 1 fully saturated rings. The molecular formula is C21H25N3O3. The van der Waals surface area contributed by atoms with Crippen molar-refractivity contribution in [1.29, 1.82) is 0 Å². The highest BCUT2D eigenvalue weighted by Crippen LogP contribution is 2.22. The van der Waals surface area contributed by atoms with Gasteiger partial charge in [0.15, 0.2) is 0 Å². The van der Waals surface area contributed by atoms with Crippen LogP contribution in [0.3, 0.4) is 0 Å². The van der Waals surface area contributed by atoms with Crippen LogP contribution in [-0.2, 0) is 16.2 Å². The largest absolute Gasteiger partial charge is 0.487 e. The molecular weight excluding hydrogens is 342 g/mol. The number of pyridine rings is 1. The first kappa shape index (κ1) is 18.9. The topological polar surface area (TPSA) is 71.5 Å². The molecule has 27 heavy (non-hydrogen) atoms. The van der Waals surface area contributed by atoms with E-state index in [9.17, 15) is 9.59 Å². The van der Waals surface area contributed by atoms with Gasteiger partial charge >= 0.3 is 0 Å². The van der Waals surface area contributed by atoms with Crippen LogP contribution in [0.1, 0.15) is 31.9 Å². The molecule has 1 unspecified atom stereocenters. The number of carbonyl (C=O) groups is 2. The van der Waals surface area contributed by atoms with E-state index in [0.717, 1.165) is 25.1 Å². The van der Waals surface area contributed by atoms with Gasteiger partial charge in [-0.3, -0.25) is 14.6 Å². The normalized spacial score (nSPS) is 16.6. The third-order valence-corrected chi connectivity index (χ3v) is 4.66. The lowest BCUT2D eigenvalue weighted by atomic mass is 9.96. The summed E-state index contributed by atoms with van der Waals surface area (Å²) in [6.45, 7) is 3.46. The minimum atomic E-state index is -0.174. The predicted octanol–water partition coefficient (Wildman–Crippen LogP) is 3.25. The Hall–Kier alpha value is -2.89. The highest BCUT2D eigenvalue weighted by atomic mass is 16.5. The van der Waals surface area contributed by atoms with Crippen LogP contribution in [0.2, 0.25) is 0 Å². The Kier molecular flexibility index (Phi) is 6.41. The predicted molar refractivity (Wildman–Crippen MR) is 103 cm³/mol. The van der Waals surface area contributed by atoms with E-state index in [-0.39, 0.29) is 17.7 Å². The maximum absolute atomic E-state index is 12.6. The Morgan fingerprint density at radius 3 is 2.93 bits per heavy atom. The number of nitrogens with zero attached hydrogens (tertiary/aromatic N) is 2. The lowest BCUT2D eigenvalue weighted by Gasteiger charge is -2.31. The van der Waals surface area contributed by atoms with Gasteiger partial charge in [-0.05, 0) is 37.1 Å². The minimum absolute atomic E-state index is 0.0505. The molecule has 1 saturated heterocycles. The number of piperidine rings is 1. The summed E-state index contributed by atoms with van der Waals surface area (Å²) in [4.78, 5) is 30.5. The Bertz CT molecular complexity index is 779. The zero-order valence-corrected chi connectivity index (χ0v) is 15.6. The van der Waals surface area contributed by atoms with Crippen LogP contribution in [0, 0.1) is 5.92 Å². The number of aromatic nitrogens is 1. The average molecular weight is 367 g/mol. The van der Waals surface area contributed by atoms with E-state index in [2.05, 4.69) is 10.3 Å². The molecule has 0 aliphatic carbocycles. The Labute approximate surface area is 159 Å². The number of hydrogen-bond acceptors (Lipinski definition) is 4. The fraction of sp³-hybridized carbons (Fsp3) is 0.381. The number of ether oxygens (including phenoxy) is 1. The molecule has 3 rings (SSSR count). The van der Waals surface area contributed by atoms with Crippen molar-refractivity contribution in [2.75, 3.05) is 18.4 Å². The van der Waals surface area contributed by atoms with Gasteiger partial charge in [-0.15, -0.1) is 0 Å². The molecule has 6 heteroatoms. The van der Waals surface area contributed by atoms with Crippen molar-refractivity contribution in [2.45, 2.75) is 32.8 Å². The van der Waals surface area contributed by atoms with Gasteiger partial charge in [0.05, 0.1) is 11.6 Å². The Morgan fingerprint density at radius 1 is 1.26 bits per heavy atom. The van der Waals surface area contributed by atoms with Crippen molar-refractivity contribution < 1.29 is 14.3 Å². The summed E-state index contributed by atoms with van der Waals surface area (Å²) in [5.74, 6) is 0.556. The van der Waals surface area contributed by atoms with Crippen LogP contribution in [0.5, 0.6) is 5.75 Å². The standard InChI is InChI=1S/C21H25N3O3/c1-2-20(25)24-12-6-7-16(14-24)21(26)23-17-9-5-10-19(13-17)27-15-18-8-3-4-11-22-18/h3-5,8-11,13,16H,2,6-7,12,14-15H2,1H3,(H,23,26). The fourth-order valence-electron chi connectivity index (χ4n) is 3.19. The minimum Gasteiger partial charge on any atom is -0.487 e. The molecule has 0 radical (unpaired) electrons. The highest BCUT2D eigenvalue weighted by molar-refractivity contribution is 5.93. The summed E-state index contributed by atoms with van der Waals surface area (Å²) >= 11 is 0. The quantitative estimate of drug-likeness (QED) is 0.851. The first-order valence-electron chi connectivity index (χ1n) is 9.37. The summed E-state index contributed by atoms with van der Waals surface area (Å²) in [6, 6.07) is 13.0. The number of hydrogen-bond donors (Lipinski definition) is 1. The smallest absolute Gasteiger partial charge is 0.229 e. The van der Waals surface area contributed by atoms with Crippen molar-refractivity contribution in [2.24, 2.45) is 5.92 Å². The number of amides is 2. The van der Waals surface area contributed by atoms with E-state index in [0.29, 0.717) is 31.0 Å². The van der Waals surface area contributed by atoms with Crippen LogP contribution in [-0.4, -0.2) is 34.8 Å². The molecule has 0 saturated carbocycles. The summed E-state index contributed by atoms with van der Waals surface area (Å²) in [7, 11) is 0. The van der Waals surface area contributed by atoms with Crippen LogP contribution in [0.4, 0.5) is 5.69 Å². The van der Waals surface area contributed by atoms with E-state index < -0.39 is 0 Å². The highest BCUT2D eigenvalue weighted by Gasteiger charge is 2.27. The summed E-state index contributed by atoms with van der Waals surface area (Å²) in [5, 5.41) is 2.96. The Morgan fingerprint density at radius 2 is 2.15 bits per heavy atom. The number of anilines is 1. The number of carbonyl (C=O) groups excluding carboxylic acids is 2. The van der Waals surface area contributed by atoms with Gasteiger partial charge in [0.25, 0.3) is 0 Å². The van der Waals surface area contributed by atoms with Crippen molar-refractivity contribution >= 4 is 17.5 Å². The molecule has 1 aromatic heterocycles. The van der Waals surface area contributed by atoms with Crippen molar-refractivity contribution in [3.8, 4) is 5.75 Å². The average Bonchev–Trinajstić information content (AvgIpc) is 2.73. The zero-order chi connectivity index (χ0) is 19.1. The second-order valence-electron chi connectivity index (χ2n) is 6.66. The second kappa shape index (κ2) is 9.16. The maximum Gasteiger partial charge on any atom is 0.229 e. The number of likely N-dealkylation sites (tertiary alicyclic amines) is 1. The number of benzene rings is 1. The van der Waals surface area contributed by atoms with E-state index in [1.54, 1.807) is 17.2 Å². The molecule has 2 amide bonds. The van der Waals surface area contributed by atoms with Crippen molar-refractivity contribution in [3.63, 3.8) is 0 Å². The van der Waals surface area contributed by atoms with Gasteiger partial charge in [0, 0.05) is 37.5 Å². The lowest BCUT2D eigenvalue weighted by Crippen LogP contribution is -2.43. The fourth-order valence-corrected chi connectivity index (χ4v) is 3.19. The van der Waals surface area contributed by atoms with E-state index in [4.69, 9.17) is 4.74 Å². The van der Waals surface area contributed by atoms with Crippen LogP contribution in [0.25, 0.3) is 0 Å². The van der Waals surface area contributed by atoms with Crippen molar-refractivity contribution in [1.82, 2.24) is 9.88 Å². The molecule has 2 aromatic rings. The SMILES string of the molecule is CCC(=O)N1CCCC(C(=O)Nc2cccc(OCc3ccccn3)c2)C1. The van der Waals surface area contributed by atoms with E-state index in [1.165, 1.54) is 0 Å². The lowest BCUT2D eigenvalue weighted by molar-refractivity contribution is -0.134. The maximum atomic E-state index is 12.6. The van der Waals surface area contributed by atoms with Crippen LogP contribution < -0.4 is 10.1 Å². The molecule has 1 aliphatic rings. The molecule has 1 aliphatic heterocycles. The summed E-state index contributed by atoms with van der Waals surface area (Å²) < 4.78 is 5.76. The molecule has 142 valence electrons.